The van der Waals surface area contributed by atoms with Crippen LogP contribution in [-0.2, 0) is 0 Å². The van der Waals surface area contributed by atoms with Crippen LogP contribution in [0.1, 0.15) is 18.2 Å². The highest BCUT2D eigenvalue weighted by atomic mass is 19.4. The third-order valence-electron chi connectivity index (χ3n) is 3.80. The van der Waals surface area contributed by atoms with E-state index >= 15 is 0 Å². The van der Waals surface area contributed by atoms with Crippen molar-refractivity contribution < 1.29 is 17.9 Å². The summed E-state index contributed by atoms with van der Waals surface area (Å²) in [5.41, 5.74) is 1.98. The number of nitrogens with one attached hydrogen (secondary N) is 1. The van der Waals surface area contributed by atoms with Gasteiger partial charge in [-0.25, -0.2) is 4.68 Å². The molecule has 0 bridgehead atoms. The number of aromatic amines is 1. The number of hydrogen-bond acceptors (Lipinski definition) is 3. The van der Waals surface area contributed by atoms with Crippen molar-refractivity contribution in [2.45, 2.75) is 20.2 Å². The van der Waals surface area contributed by atoms with Gasteiger partial charge >= 0.3 is 6.36 Å². The smallest absolute Gasteiger partial charge is 0.406 e. The Labute approximate surface area is 152 Å². The van der Waals surface area contributed by atoms with Crippen molar-refractivity contribution >= 4 is 11.4 Å². The van der Waals surface area contributed by atoms with Crippen LogP contribution in [0.5, 0.6) is 5.75 Å². The third kappa shape index (κ3) is 4.28. The molecule has 0 radical (unpaired) electrons. The molecule has 0 spiro atoms. The van der Waals surface area contributed by atoms with Crippen LogP contribution in [-0.4, -0.2) is 21.9 Å². The standard InChI is InChI=1S/C19H16F3N3O2/c1-12(23-14-7-6-10-16(11-14)27-19(20,21)22)17-13(2)24-25(18(17)26)15-8-4-3-5-9-15/h3-11,24H,1-2H3. The molecule has 3 aromatic rings. The Balaban J connectivity index is 1.97. The van der Waals surface area contributed by atoms with E-state index in [0.29, 0.717) is 22.7 Å². The van der Waals surface area contributed by atoms with E-state index in [1.807, 2.05) is 18.2 Å². The first-order chi connectivity index (χ1) is 12.7. The Morgan fingerprint density at radius 2 is 1.81 bits per heavy atom. The number of nitrogens with zero attached hydrogens (tertiary/aromatic N) is 2. The number of aliphatic imine (C=N–C) groups is 1. The maximum Gasteiger partial charge on any atom is 0.573 e. The fourth-order valence-corrected chi connectivity index (χ4v) is 2.73. The van der Waals surface area contributed by atoms with E-state index in [1.165, 1.54) is 22.9 Å². The lowest BCUT2D eigenvalue weighted by Gasteiger charge is -2.09. The summed E-state index contributed by atoms with van der Waals surface area (Å²) in [6, 6.07) is 14.3. The molecule has 27 heavy (non-hydrogen) atoms. The quantitative estimate of drug-likeness (QED) is 0.682. The van der Waals surface area contributed by atoms with Crippen LogP contribution < -0.4 is 10.3 Å². The predicted octanol–water partition coefficient (Wildman–Crippen LogP) is 4.51. The zero-order valence-corrected chi connectivity index (χ0v) is 14.5. The second-order valence-electron chi connectivity index (χ2n) is 5.83. The molecule has 0 unspecified atom stereocenters. The molecule has 1 N–H and O–H groups in total. The molecule has 0 fully saturated rings. The first-order valence-electron chi connectivity index (χ1n) is 8.03. The summed E-state index contributed by atoms with van der Waals surface area (Å²) in [4.78, 5) is 17.0. The Morgan fingerprint density at radius 3 is 2.48 bits per heavy atom. The molecule has 1 heterocycles. The van der Waals surface area contributed by atoms with Gasteiger partial charge in [-0.15, -0.1) is 13.2 Å². The van der Waals surface area contributed by atoms with E-state index in [4.69, 9.17) is 0 Å². The monoisotopic (exact) mass is 375 g/mol. The van der Waals surface area contributed by atoms with Gasteiger partial charge in [-0.3, -0.25) is 14.9 Å². The van der Waals surface area contributed by atoms with E-state index in [2.05, 4.69) is 14.8 Å². The molecular weight excluding hydrogens is 359 g/mol. The molecule has 5 nitrogen and oxygen atoms in total. The third-order valence-corrected chi connectivity index (χ3v) is 3.80. The molecule has 140 valence electrons. The number of para-hydroxylation sites is 1. The average Bonchev–Trinajstić information content (AvgIpc) is 2.89. The Hall–Kier alpha value is -3.29. The SMILES string of the molecule is CC(=Nc1cccc(OC(F)(F)F)c1)c1c(C)[nH]n(-c2ccccc2)c1=O. The van der Waals surface area contributed by atoms with Crippen molar-refractivity contribution in [1.29, 1.82) is 0 Å². The molecule has 0 saturated heterocycles. The van der Waals surface area contributed by atoms with Gasteiger partial charge in [-0.2, -0.15) is 0 Å². The largest absolute Gasteiger partial charge is 0.573 e. The summed E-state index contributed by atoms with van der Waals surface area (Å²) in [6.45, 7) is 3.36. The maximum atomic E-state index is 12.8. The van der Waals surface area contributed by atoms with Gasteiger partial charge in [0.15, 0.2) is 0 Å². The first kappa shape index (κ1) is 18.5. The van der Waals surface area contributed by atoms with Gasteiger partial charge in [0, 0.05) is 11.8 Å². The molecule has 8 heteroatoms. The Kier molecular flexibility index (Phi) is 4.89. The van der Waals surface area contributed by atoms with Crippen LogP contribution in [0.15, 0.2) is 64.4 Å². The zero-order chi connectivity index (χ0) is 19.6. The van der Waals surface area contributed by atoms with E-state index in [1.54, 1.807) is 26.0 Å². The van der Waals surface area contributed by atoms with Gasteiger partial charge in [0.05, 0.1) is 22.6 Å². The van der Waals surface area contributed by atoms with Crippen LogP contribution >= 0.6 is 0 Å². The molecule has 0 aliphatic carbocycles. The highest BCUT2D eigenvalue weighted by Crippen LogP contribution is 2.26. The van der Waals surface area contributed by atoms with Crippen LogP contribution in [0.25, 0.3) is 5.69 Å². The van der Waals surface area contributed by atoms with Crippen molar-refractivity contribution in [1.82, 2.24) is 9.78 Å². The number of hydrogen-bond donors (Lipinski definition) is 1. The highest BCUT2D eigenvalue weighted by Gasteiger charge is 2.31. The lowest BCUT2D eigenvalue weighted by Crippen LogP contribution is -2.19. The number of halogens is 3. The fraction of sp³-hybridized carbons (Fsp3) is 0.158. The molecule has 1 aromatic heterocycles. The zero-order valence-electron chi connectivity index (χ0n) is 14.5. The van der Waals surface area contributed by atoms with Crippen molar-refractivity contribution in [3.05, 3.63) is 76.2 Å². The van der Waals surface area contributed by atoms with Crippen LogP contribution in [0.3, 0.4) is 0 Å². The number of aromatic nitrogens is 2. The second-order valence-corrected chi connectivity index (χ2v) is 5.83. The molecule has 3 rings (SSSR count). The summed E-state index contributed by atoms with van der Waals surface area (Å²) >= 11 is 0. The van der Waals surface area contributed by atoms with Crippen molar-refractivity contribution in [3.8, 4) is 11.4 Å². The van der Waals surface area contributed by atoms with Gasteiger partial charge in [-0.1, -0.05) is 24.3 Å². The van der Waals surface area contributed by atoms with E-state index < -0.39 is 6.36 Å². The van der Waals surface area contributed by atoms with Gasteiger partial charge < -0.3 is 4.74 Å². The summed E-state index contributed by atoms with van der Waals surface area (Å²) in [6.07, 6.45) is -4.78. The summed E-state index contributed by atoms with van der Waals surface area (Å²) < 4.78 is 42.4. The maximum absolute atomic E-state index is 12.8. The van der Waals surface area contributed by atoms with Crippen molar-refractivity contribution in [3.63, 3.8) is 0 Å². The van der Waals surface area contributed by atoms with E-state index in [9.17, 15) is 18.0 Å². The van der Waals surface area contributed by atoms with Crippen molar-refractivity contribution in [2.24, 2.45) is 4.99 Å². The molecule has 0 saturated carbocycles. The predicted molar refractivity (Wildman–Crippen MR) is 96.1 cm³/mol. The summed E-state index contributed by atoms with van der Waals surface area (Å²) in [5.74, 6) is -0.371. The number of alkyl halides is 3. The van der Waals surface area contributed by atoms with Gasteiger partial charge in [0.2, 0.25) is 0 Å². The minimum atomic E-state index is -4.78. The molecule has 0 atom stereocenters. The summed E-state index contributed by atoms with van der Waals surface area (Å²) in [5, 5.41) is 2.99. The lowest BCUT2D eigenvalue weighted by molar-refractivity contribution is -0.274. The van der Waals surface area contributed by atoms with Gasteiger partial charge in [0.1, 0.15) is 5.75 Å². The van der Waals surface area contributed by atoms with E-state index in [-0.39, 0.29) is 17.0 Å². The van der Waals surface area contributed by atoms with Crippen molar-refractivity contribution in [2.75, 3.05) is 0 Å². The van der Waals surface area contributed by atoms with E-state index in [0.717, 1.165) is 6.07 Å². The first-order valence-corrected chi connectivity index (χ1v) is 8.03. The van der Waals surface area contributed by atoms with Crippen LogP contribution in [0, 0.1) is 6.92 Å². The molecule has 0 aliphatic heterocycles. The average molecular weight is 375 g/mol. The number of H-pyrrole nitrogens is 1. The fourth-order valence-electron chi connectivity index (χ4n) is 2.73. The second kappa shape index (κ2) is 7.14. The normalized spacial score (nSPS) is 12.3. The topological polar surface area (TPSA) is 59.4 Å². The minimum absolute atomic E-state index is 0.250. The molecule has 0 amide bonds. The summed E-state index contributed by atoms with van der Waals surface area (Å²) in [7, 11) is 0. The number of benzene rings is 2. The highest BCUT2D eigenvalue weighted by molar-refractivity contribution is 6.01. The lowest BCUT2D eigenvalue weighted by atomic mass is 10.1. The molecular formula is C19H16F3N3O2. The molecule has 2 aromatic carbocycles. The number of ether oxygens (including phenoxy) is 1. The van der Waals surface area contributed by atoms with Gasteiger partial charge in [-0.05, 0) is 38.1 Å². The Morgan fingerprint density at radius 1 is 1.11 bits per heavy atom. The number of rotatable bonds is 4. The Bertz CT molecular complexity index is 1030. The minimum Gasteiger partial charge on any atom is -0.406 e. The molecule has 0 aliphatic rings. The van der Waals surface area contributed by atoms with Gasteiger partial charge in [0.25, 0.3) is 5.56 Å². The van der Waals surface area contributed by atoms with Crippen LogP contribution in [0.4, 0.5) is 18.9 Å². The number of aryl methyl sites for hydroxylation is 1. The van der Waals surface area contributed by atoms with Crippen LogP contribution in [0.2, 0.25) is 0 Å².